The summed E-state index contributed by atoms with van der Waals surface area (Å²) in [6.45, 7) is 3.50. The summed E-state index contributed by atoms with van der Waals surface area (Å²) in [5, 5.41) is 27.5. The molecule has 1 rings (SSSR count). The molecule has 14 heavy (non-hydrogen) atoms. The lowest BCUT2D eigenvalue weighted by Gasteiger charge is -2.12. The molecule has 0 aliphatic carbocycles. The van der Waals surface area contributed by atoms with Gasteiger partial charge in [-0.15, -0.1) is 0 Å². The Morgan fingerprint density at radius 2 is 1.86 bits per heavy atom. The number of rotatable bonds is 2. The summed E-state index contributed by atoms with van der Waals surface area (Å²) in [7, 11) is 0. The summed E-state index contributed by atoms with van der Waals surface area (Å²) in [5.41, 5.74) is 0.285. The fourth-order valence-corrected chi connectivity index (χ4v) is 1.37. The van der Waals surface area contributed by atoms with Gasteiger partial charge in [-0.2, -0.15) is 0 Å². The zero-order valence-corrected chi connectivity index (χ0v) is 7.98. The lowest BCUT2D eigenvalue weighted by Crippen LogP contribution is -2.04. The molecule has 0 radical (unpaired) electrons. The van der Waals surface area contributed by atoms with Gasteiger partial charge >= 0.3 is 5.97 Å². The summed E-state index contributed by atoms with van der Waals surface area (Å²) in [4.78, 5) is 10.8. The number of aromatic hydroxyl groups is 2. The monoisotopic (exact) mass is 196 g/mol. The Morgan fingerprint density at radius 1 is 1.29 bits per heavy atom. The molecule has 1 aromatic carbocycles. The van der Waals surface area contributed by atoms with Gasteiger partial charge in [-0.25, -0.2) is 4.79 Å². The molecular weight excluding hydrogens is 184 g/mol. The quantitative estimate of drug-likeness (QED) is 0.631. The van der Waals surface area contributed by atoms with Crippen LogP contribution in [0.1, 0.15) is 35.7 Å². The van der Waals surface area contributed by atoms with Crippen LogP contribution in [0.3, 0.4) is 0 Å². The molecule has 0 saturated heterocycles. The third-order valence-corrected chi connectivity index (χ3v) is 2.00. The number of carbonyl (C=O) groups is 1. The molecule has 3 N–H and O–H groups in total. The fourth-order valence-electron chi connectivity index (χ4n) is 1.37. The van der Waals surface area contributed by atoms with Crippen LogP contribution >= 0.6 is 0 Å². The number of aromatic carboxylic acids is 1. The van der Waals surface area contributed by atoms with Gasteiger partial charge in [0.25, 0.3) is 0 Å². The molecule has 1 aromatic rings. The van der Waals surface area contributed by atoms with Gasteiger partial charge in [0, 0.05) is 5.56 Å². The first-order valence-corrected chi connectivity index (χ1v) is 4.23. The molecule has 0 aliphatic rings. The van der Waals surface area contributed by atoms with E-state index < -0.39 is 5.97 Å². The maximum absolute atomic E-state index is 10.8. The minimum atomic E-state index is -1.11. The maximum Gasteiger partial charge on any atom is 0.336 e. The second-order valence-electron chi connectivity index (χ2n) is 3.35. The van der Waals surface area contributed by atoms with Gasteiger partial charge in [0.1, 0.15) is 0 Å². The number of carboxylic acid groups (broad SMARTS) is 1. The molecule has 76 valence electrons. The van der Waals surface area contributed by atoms with E-state index in [4.69, 9.17) is 5.11 Å². The van der Waals surface area contributed by atoms with E-state index in [0.717, 1.165) is 0 Å². The molecule has 0 aromatic heterocycles. The van der Waals surface area contributed by atoms with E-state index in [-0.39, 0.29) is 28.5 Å². The fraction of sp³-hybridized carbons (Fsp3) is 0.300. The standard InChI is InChI=1S/C10H12O4/c1-5(2)8-6(10(13)14)3-4-7(11)9(8)12/h3-5,11-12H,1-2H3,(H,13,14). The van der Waals surface area contributed by atoms with E-state index in [1.807, 2.05) is 0 Å². The van der Waals surface area contributed by atoms with E-state index in [2.05, 4.69) is 0 Å². The minimum Gasteiger partial charge on any atom is -0.504 e. The number of phenolic OH excluding ortho intramolecular Hbond substituents is 2. The first-order valence-electron chi connectivity index (χ1n) is 4.23. The third-order valence-electron chi connectivity index (χ3n) is 2.00. The van der Waals surface area contributed by atoms with Gasteiger partial charge in [0.15, 0.2) is 11.5 Å². The molecule has 0 spiro atoms. The molecule has 0 atom stereocenters. The second kappa shape index (κ2) is 3.57. The van der Waals surface area contributed by atoms with E-state index in [0.29, 0.717) is 0 Å². The zero-order chi connectivity index (χ0) is 10.9. The summed E-state index contributed by atoms with van der Waals surface area (Å²) < 4.78 is 0. The van der Waals surface area contributed by atoms with Crippen LogP contribution in [-0.4, -0.2) is 21.3 Å². The van der Waals surface area contributed by atoms with Crippen molar-refractivity contribution in [2.24, 2.45) is 0 Å². The average Bonchev–Trinajstić information content (AvgIpc) is 2.08. The van der Waals surface area contributed by atoms with Crippen LogP contribution in [0.5, 0.6) is 11.5 Å². The van der Waals surface area contributed by atoms with Gasteiger partial charge in [0.05, 0.1) is 5.56 Å². The van der Waals surface area contributed by atoms with Crippen LogP contribution < -0.4 is 0 Å². The Bertz CT molecular complexity index is 369. The van der Waals surface area contributed by atoms with Crippen molar-refractivity contribution in [3.8, 4) is 11.5 Å². The SMILES string of the molecule is CC(C)c1c(C(=O)O)ccc(O)c1O. The third kappa shape index (κ3) is 1.64. The van der Waals surface area contributed by atoms with Crippen molar-refractivity contribution < 1.29 is 20.1 Å². The van der Waals surface area contributed by atoms with Crippen LogP contribution in [-0.2, 0) is 0 Å². The Hall–Kier alpha value is -1.71. The molecular formula is C10H12O4. The van der Waals surface area contributed by atoms with Crippen LogP contribution in [0.2, 0.25) is 0 Å². The summed E-state index contributed by atoms with van der Waals surface area (Å²) in [5.74, 6) is -1.91. The van der Waals surface area contributed by atoms with Crippen LogP contribution in [0.4, 0.5) is 0 Å². The number of hydrogen-bond acceptors (Lipinski definition) is 3. The van der Waals surface area contributed by atoms with Gasteiger partial charge in [-0.05, 0) is 18.1 Å². The van der Waals surface area contributed by atoms with E-state index in [1.165, 1.54) is 12.1 Å². The van der Waals surface area contributed by atoms with Gasteiger partial charge in [0.2, 0.25) is 0 Å². The topological polar surface area (TPSA) is 77.8 Å². The Balaban J connectivity index is 3.45. The Kier molecular flexibility index (Phi) is 2.65. The molecule has 0 unspecified atom stereocenters. The van der Waals surface area contributed by atoms with Crippen molar-refractivity contribution >= 4 is 5.97 Å². The van der Waals surface area contributed by atoms with Crippen molar-refractivity contribution in [2.75, 3.05) is 0 Å². The number of carboxylic acids is 1. The van der Waals surface area contributed by atoms with Gasteiger partial charge < -0.3 is 15.3 Å². The van der Waals surface area contributed by atoms with Crippen molar-refractivity contribution in [1.82, 2.24) is 0 Å². The highest BCUT2D eigenvalue weighted by atomic mass is 16.4. The summed E-state index contributed by atoms with van der Waals surface area (Å²) in [6.07, 6.45) is 0. The maximum atomic E-state index is 10.8. The second-order valence-corrected chi connectivity index (χ2v) is 3.35. The molecule has 0 heterocycles. The van der Waals surface area contributed by atoms with Crippen LogP contribution in [0.25, 0.3) is 0 Å². The first-order chi connectivity index (χ1) is 6.45. The van der Waals surface area contributed by atoms with E-state index >= 15 is 0 Å². The van der Waals surface area contributed by atoms with Gasteiger partial charge in [-0.1, -0.05) is 13.8 Å². The van der Waals surface area contributed by atoms with Crippen molar-refractivity contribution in [2.45, 2.75) is 19.8 Å². The predicted molar refractivity (Wildman–Crippen MR) is 50.8 cm³/mol. The Morgan fingerprint density at radius 3 is 2.29 bits per heavy atom. The molecule has 0 saturated carbocycles. The predicted octanol–water partition coefficient (Wildman–Crippen LogP) is 1.92. The number of benzene rings is 1. The van der Waals surface area contributed by atoms with Gasteiger partial charge in [-0.3, -0.25) is 0 Å². The smallest absolute Gasteiger partial charge is 0.336 e. The van der Waals surface area contributed by atoms with Crippen LogP contribution in [0, 0.1) is 0 Å². The Labute approximate surface area is 81.4 Å². The lowest BCUT2D eigenvalue weighted by atomic mass is 9.95. The largest absolute Gasteiger partial charge is 0.504 e. The van der Waals surface area contributed by atoms with Crippen molar-refractivity contribution in [1.29, 1.82) is 0 Å². The average molecular weight is 196 g/mol. The highest BCUT2D eigenvalue weighted by Gasteiger charge is 2.19. The molecule has 0 bridgehead atoms. The minimum absolute atomic E-state index is 0.0234. The molecule has 0 amide bonds. The summed E-state index contributed by atoms with van der Waals surface area (Å²) in [6, 6.07) is 2.46. The highest BCUT2D eigenvalue weighted by Crippen LogP contribution is 2.36. The van der Waals surface area contributed by atoms with Crippen LogP contribution in [0.15, 0.2) is 12.1 Å². The number of phenols is 2. The van der Waals surface area contributed by atoms with E-state index in [1.54, 1.807) is 13.8 Å². The molecule has 0 fully saturated rings. The molecule has 4 nitrogen and oxygen atoms in total. The molecule has 0 aliphatic heterocycles. The van der Waals surface area contributed by atoms with E-state index in [9.17, 15) is 15.0 Å². The summed E-state index contributed by atoms with van der Waals surface area (Å²) >= 11 is 0. The lowest BCUT2D eigenvalue weighted by molar-refractivity contribution is 0.0694. The highest BCUT2D eigenvalue weighted by molar-refractivity contribution is 5.91. The zero-order valence-electron chi connectivity index (χ0n) is 7.98. The van der Waals surface area contributed by atoms with Crippen molar-refractivity contribution in [3.05, 3.63) is 23.3 Å². The number of hydrogen-bond donors (Lipinski definition) is 3. The normalized spacial score (nSPS) is 10.5. The first kappa shape index (κ1) is 10.4. The van der Waals surface area contributed by atoms with Crippen molar-refractivity contribution in [3.63, 3.8) is 0 Å². The molecule has 4 heteroatoms.